The SMILES string of the molecule is COC(=O)C1CCN(C(=O)COC(=O)C(NC(=O)Cc2cccc3ccccc23)C(C)C)CC1. The van der Waals surface area contributed by atoms with Crippen LogP contribution < -0.4 is 5.32 Å². The molecule has 1 aliphatic heterocycles. The van der Waals surface area contributed by atoms with Gasteiger partial charge in [-0.05, 0) is 35.1 Å². The van der Waals surface area contributed by atoms with E-state index in [2.05, 4.69) is 5.32 Å². The van der Waals surface area contributed by atoms with Crippen LogP contribution in [0.15, 0.2) is 42.5 Å². The summed E-state index contributed by atoms with van der Waals surface area (Å²) >= 11 is 0. The molecule has 3 rings (SSSR count). The van der Waals surface area contributed by atoms with Crippen molar-refractivity contribution in [1.29, 1.82) is 0 Å². The van der Waals surface area contributed by atoms with Crippen LogP contribution in [0, 0.1) is 11.8 Å². The van der Waals surface area contributed by atoms with Crippen LogP contribution in [0.25, 0.3) is 10.8 Å². The van der Waals surface area contributed by atoms with Gasteiger partial charge < -0.3 is 19.7 Å². The number of hydrogen-bond donors (Lipinski definition) is 1. The smallest absolute Gasteiger partial charge is 0.329 e. The Morgan fingerprint density at radius 1 is 1.03 bits per heavy atom. The molecule has 1 aliphatic rings. The van der Waals surface area contributed by atoms with E-state index in [0.717, 1.165) is 16.3 Å². The van der Waals surface area contributed by atoms with Gasteiger partial charge in [0.1, 0.15) is 6.04 Å². The van der Waals surface area contributed by atoms with Gasteiger partial charge >= 0.3 is 11.9 Å². The number of likely N-dealkylation sites (tertiary alicyclic amines) is 1. The summed E-state index contributed by atoms with van der Waals surface area (Å²) in [4.78, 5) is 51.1. The molecule has 0 aromatic heterocycles. The van der Waals surface area contributed by atoms with E-state index in [4.69, 9.17) is 9.47 Å². The van der Waals surface area contributed by atoms with Crippen molar-refractivity contribution in [3.05, 3.63) is 48.0 Å². The maximum absolute atomic E-state index is 12.7. The molecule has 34 heavy (non-hydrogen) atoms. The molecule has 0 aliphatic carbocycles. The summed E-state index contributed by atoms with van der Waals surface area (Å²) in [6.07, 6.45) is 1.17. The molecule has 1 N–H and O–H groups in total. The summed E-state index contributed by atoms with van der Waals surface area (Å²) in [5.41, 5.74) is 0.872. The second kappa shape index (κ2) is 11.6. The first-order chi connectivity index (χ1) is 16.3. The second-order valence-electron chi connectivity index (χ2n) is 8.89. The van der Waals surface area contributed by atoms with Crippen LogP contribution in [-0.4, -0.2) is 61.5 Å². The number of ether oxygens (including phenoxy) is 2. The fourth-order valence-corrected chi connectivity index (χ4v) is 4.19. The number of amides is 2. The van der Waals surface area contributed by atoms with Crippen molar-refractivity contribution in [3.8, 4) is 0 Å². The summed E-state index contributed by atoms with van der Waals surface area (Å²) < 4.78 is 10.0. The number of fused-ring (bicyclic) bond motifs is 1. The molecule has 2 aromatic carbocycles. The molecule has 0 radical (unpaired) electrons. The topological polar surface area (TPSA) is 102 Å². The minimum atomic E-state index is -0.861. The Bertz CT molecular complexity index is 1040. The molecular weight excluding hydrogens is 436 g/mol. The van der Waals surface area contributed by atoms with Crippen LogP contribution >= 0.6 is 0 Å². The molecule has 8 heteroatoms. The molecule has 0 bridgehead atoms. The van der Waals surface area contributed by atoms with E-state index in [1.54, 1.807) is 4.90 Å². The molecule has 1 fully saturated rings. The van der Waals surface area contributed by atoms with Gasteiger partial charge in [0.25, 0.3) is 5.91 Å². The van der Waals surface area contributed by atoms with Crippen LogP contribution in [0.1, 0.15) is 32.3 Å². The van der Waals surface area contributed by atoms with E-state index in [0.29, 0.717) is 25.9 Å². The number of carbonyl (C=O) groups excluding carboxylic acids is 4. The predicted molar refractivity (Wildman–Crippen MR) is 127 cm³/mol. The maximum Gasteiger partial charge on any atom is 0.329 e. The Kier molecular flexibility index (Phi) is 8.62. The average Bonchev–Trinajstić information content (AvgIpc) is 2.85. The summed E-state index contributed by atoms with van der Waals surface area (Å²) in [6, 6.07) is 12.7. The van der Waals surface area contributed by atoms with Crippen molar-refractivity contribution in [3.63, 3.8) is 0 Å². The standard InChI is InChI=1S/C26H32N2O6/c1-17(2)24(27-22(29)15-20-9-6-8-18-7-4-5-10-21(18)20)26(32)34-16-23(30)28-13-11-19(12-14-28)25(31)33-3/h4-10,17,19,24H,11-16H2,1-3H3,(H,27,29). The Balaban J connectivity index is 1.52. The fourth-order valence-electron chi connectivity index (χ4n) is 4.19. The van der Waals surface area contributed by atoms with E-state index in [1.165, 1.54) is 7.11 Å². The van der Waals surface area contributed by atoms with Gasteiger partial charge in [0, 0.05) is 13.1 Å². The van der Waals surface area contributed by atoms with Crippen LogP contribution in [0.4, 0.5) is 0 Å². The largest absolute Gasteiger partial charge is 0.469 e. The molecule has 182 valence electrons. The maximum atomic E-state index is 12.7. The second-order valence-corrected chi connectivity index (χ2v) is 8.89. The molecule has 2 aromatic rings. The lowest BCUT2D eigenvalue weighted by Gasteiger charge is -2.30. The number of hydrogen-bond acceptors (Lipinski definition) is 6. The lowest BCUT2D eigenvalue weighted by atomic mass is 9.97. The van der Waals surface area contributed by atoms with Crippen LogP contribution in [0.5, 0.6) is 0 Å². The first-order valence-corrected chi connectivity index (χ1v) is 11.6. The van der Waals surface area contributed by atoms with Crippen molar-refractivity contribution in [2.75, 3.05) is 26.8 Å². The summed E-state index contributed by atoms with van der Waals surface area (Å²) in [5, 5.41) is 4.80. The molecule has 8 nitrogen and oxygen atoms in total. The zero-order valence-corrected chi connectivity index (χ0v) is 19.9. The third-order valence-electron chi connectivity index (χ3n) is 6.19. The minimum Gasteiger partial charge on any atom is -0.469 e. The Hall–Kier alpha value is -3.42. The zero-order chi connectivity index (χ0) is 24.7. The highest BCUT2D eigenvalue weighted by molar-refractivity contribution is 5.92. The summed E-state index contributed by atoms with van der Waals surface area (Å²) in [5.74, 6) is -1.94. The minimum absolute atomic E-state index is 0.131. The summed E-state index contributed by atoms with van der Waals surface area (Å²) in [6.45, 7) is 4.04. The van der Waals surface area contributed by atoms with Gasteiger partial charge in [0.2, 0.25) is 5.91 Å². The number of nitrogens with one attached hydrogen (secondary N) is 1. The highest BCUT2D eigenvalue weighted by atomic mass is 16.5. The molecule has 1 saturated heterocycles. The Morgan fingerprint density at radius 3 is 2.38 bits per heavy atom. The number of methoxy groups -OCH3 is 1. The van der Waals surface area contributed by atoms with Crippen LogP contribution in [0.3, 0.4) is 0 Å². The molecule has 0 spiro atoms. The van der Waals surface area contributed by atoms with Gasteiger partial charge in [0.15, 0.2) is 6.61 Å². The first kappa shape index (κ1) is 25.2. The van der Waals surface area contributed by atoms with Crippen molar-refractivity contribution in [1.82, 2.24) is 10.2 Å². The number of nitrogens with zero attached hydrogens (tertiary/aromatic N) is 1. The third kappa shape index (κ3) is 6.34. The van der Waals surface area contributed by atoms with E-state index >= 15 is 0 Å². The van der Waals surface area contributed by atoms with Crippen molar-refractivity contribution < 1.29 is 28.7 Å². The van der Waals surface area contributed by atoms with Crippen molar-refractivity contribution in [2.45, 2.75) is 39.2 Å². The zero-order valence-electron chi connectivity index (χ0n) is 19.9. The quantitative estimate of drug-likeness (QED) is 0.597. The number of benzene rings is 2. The van der Waals surface area contributed by atoms with E-state index < -0.39 is 18.6 Å². The van der Waals surface area contributed by atoms with E-state index in [-0.39, 0.29) is 36.0 Å². The average molecular weight is 469 g/mol. The molecule has 1 atom stereocenters. The number of rotatable bonds is 8. The highest BCUT2D eigenvalue weighted by Gasteiger charge is 2.30. The first-order valence-electron chi connectivity index (χ1n) is 11.6. The lowest BCUT2D eigenvalue weighted by molar-refractivity contribution is -0.156. The molecule has 1 heterocycles. The third-order valence-corrected chi connectivity index (χ3v) is 6.19. The normalized spacial score (nSPS) is 15.1. The predicted octanol–water partition coefficient (Wildman–Crippen LogP) is 2.48. The van der Waals surface area contributed by atoms with Gasteiger partial charge in [-0.15, -0.1) is 0 Å². The lowest BCUT2D eigenvalue weighted by Crippen LogP contribution is -2.47. The Labute approximate surface area is 199 Å². The fraction of sp³-hybridized carbons (Fsp3) is 0.462. The molecule has 0 saturated carbocycles. The number of carbonyl (C=O) groups is 4. The van der Waals surface area contributed by atoms with Gasteiger partial charge in [-0.1, -0.05) is 56.3 Å². The van der Waals surface area contributed by atoms with Gasteiger partial charge in [-0.25, -0.2) is 4.79 Å². The van der Waals surface area contributed by atoms with E-state index in [9.17, 15) is 19.2 Å². The van der Waals surface area contributed by atoms with Crippen molar-refractivity contribution >= 4 is 34.5 Å². The van der Waals surface area contributed by atoms with Crippen LogP contribution in [-0.2, 0) is 35.1 Å². The van der Waals surface area contributed by atoms with Gasteiger partial charge in [-0.3, -0.25) is 14.4 Å². The number of piperidine rings is 1. The molecule has 2 amide bonds. The highest BCUT2D eigenvalue weighted by Crippen LogP contribution is 2.20. The Morgan fingerprint density at radius 2 is 1.71 bits per heavy atom. The van der Waals surface area contributed by atoms with Crippen molar-refractivity contribution in [2.24, 2.45) is 11.8 Å². The van der Waals surface area contributed by atoms with Gasteiger partial charge in [0.05, 0.1) is 19.4 Å². The van der Waals surface area contributed by atoms with Gasteiger partial charge in [-0.2, -0.15) is 0 Å². The van der Waals surface area contributed by atoms with Crippen LogP contribution in [0.2, 0.25) is 0 Å². The number of esters is 2. The monoisotopic (exact) mass is 468 g/mol. The summed E-state index contributed by atoms with van der Waals surface area (Å²) in [7, 11) is 1.35. The molecule has 1 unspecified atom stereocenters. The van der Waals surface area contributed by atoms with E-state index in [1.807, 2.05) is 56.3 Å². The molecular formula is C26H32N2O6.